The van der Waals surface area contributed by atoms with Crippen LogP contribution < -0.4 is 10.6 Å². The van der Waals surface area contributed by atoms with Crippen LogP contribution >= 0.6 is 0 Å². The molecule has 1 aliphatic carbocycles. The van der Waals surface area contributed by atoms with E-state index in [-0.39, 0.29) is 5.91 Å². The molecule has 0 aromatic heterocycles. The van der Waals surface area contributed by atoms with Crippen LogP contribution in [0.3, 0.4) is 0 Å². The van der Waals surface area contributed by atoms with E-state index in [2.05, 4.69) is 24.5 Å². The molecule has 82 valence electrons. The molecule has 0 aromatic carbocycles. The van der Waals surface area contributed by atoms with Crippen LogP contribution in [-0.2, 0) is 4.79 Å². The summed E-state index contributed by atoms with van der Waals surface area (Å²) < 4.78 is 0. The summed E-state index contributed by atoms with van der Waals surface area (Å²) in [5.74, 6) is 0.807. The second-order valence-corrected chi connectivity index (χ2v) is 4.51. The zero-order valence-electron chi connectivity index (χ0n) is 9.31. The summed E-state index contributed by atoms with van der Waals surface area (Å²) >= 11 is 0. The molecule has 1 saturated carbocycles. The fourth-order valence-electron chi connectivity index (χ4n) is 1.27. The molecule has 2 N–H and O–H groups in total. The molecule has 0 bridgehead atoms. The van der Waals surface area contributed by atoms with Crippen molar-refractivity contribution in [1.29, 1.82) is 0 Å². The second-order valence-electron chi connectivity index (χ2n) is 4.51. The lowest BCUT2D eigenvalue weighted by Gasteiger charge is -2.07. The van der Waals surface area contributed by atoms with Gasteiger partial charge in [0.1, 0.15) is 0 Å². The first-order chi connectivity index (χ1) is 6.68. The highest BCUT2D eigenvalue weighted by Gasteiger charge is 2.19. The molecule has 3 nitrogen and oxygen atoms in total. The molecule has 0 atom stereocenters. The lowest BCUT2D eigenvalue weighted by Crippen LogP contribution is -2.32. The molecule has 3 heteroatoms. The van der Waals surface area contributed by atoms with Crippen LogP contribution in [0.25, 0.3) is 0 Å². The quantitative estimate of drug-likeness (QED) is 0.605. The van der Waals surface area contributed by atoms with E-state index in [1.165, 1.54) is 12.8 Å². The third kappa shape index (κ3) is 5.97. The number of nitrogens with one attached hydrogen (secondary N) is 2. The van der Waals surface area contributed by atoms with Gasteiger partial charge in [-0.1, -0.05) is 13.8 Å². The van der Waals surface area contributed by atoms with Gasteiger partial charge in [0.05, 0.1) is 0 Å². The fourth-order valence-corrected chi connectivity index (χ4v) is 1.27. The lowest BCUT2D eigenvalue weighted by atomic mass is 10.1. The molecule has 1 fully saturated rings. The van der Waals surface area contributed by atoms with Crippen molar-refractivity contribution in [2.45, 2.75) is 45.6 Å². The number of carbonyl (C=O) groups is 1. The topological polar surface area (TPSA) is 41.1 Å². The molecule has 0 aliphatic heterocycles. The number of carbonyl (C=O) groups excluding carboxylic acids is 1. The van der Waals surface area contributed by atoms with E-state index in [1.807, 2.05) is 0 Å². The third-order valence-corrected chi connectivity index (χ3v) is 2.41. The molecule has 0 saturated heterocycles. The van der Waals surface area contributed by atoms with Crippen molar-refractivity contribution >= 4 is 5.91 Å². The molecule has 1 amide bonds. The van der Waals surface area contributed by atoms with Gasteiger partial charge in [-0.2, -0.15) is 0 Å². The van der Waals surface area contributed by atoms with E-state index < -0.39 is 0 Å². The molecule has 0 spiro atoms. The zero-order valence-corrected chi connectivity index (χ0v) is 9.31. The Hall–Kier alpha value is -0.570. The van der Waals surface area contributed by atoms with E-state index in [0.717, 1.165) is 25.6 Å². The smallest absolute Gasteiger partial charge is 0.220 e. The van der Waals surface area contributed by atoms with Gasteiger partial charge in [-0.3, -0.25) is 4.79 Å². The molecular weight excluding hydrogens is 176 g/mol. The predicted molar refractivity (Wildman–Crippen MR) is 58.1 cm³/mol. The summed E-state index contributed by atoms with van der Waals surface area (Å²) in [4.78, 5) is 11.3. The average Bonchev–Trinajstić information content (AvgIpc) is 2.92. The van der Waals surface area contributed by atoms with Gasteiger partial charge in [-0.05, 0) is 25.2 Å². The Kier molecular flexibility index (Phi) is 4.94. The van der Waals surface area contributed by atoms with Gasteiger partial charge < -0.3 is 10.6 Å². The fraction of sp³-hybridized carbons (Fsp3) is 0.909. The first kappa shape index (κ1) is 11.5. The van der Waals surface area contributed by atoms with Crippen molar-refractivity contribution in [3.8, 4) is 0 Å². The van der Waals surface area contributed by atoms with E-state index in [1.54, 1.807) is 0 Å². The first-order valence-electron chi connectivity index (χ1n) is 5.68. The van der Waals surface area contributed by atoms with Gasteiger partial charge in [0.25, 0.3) is 0 Å². The van der Waals surface area contributed by atoms with Crippen molar-refractivity contribution in [3.63, 3.8) is 0 Å². The molecule has 0 heterocycles. The Morgan fingerprint density at radius 2 is 2.07 bits per heavy atom. The maximum atomic E-state index is 11.3. The highest BCUT2D eigenvalue weighted by molar-refractivity contribution is 5.75. The van der Waals surface area contributed by atoms with Crippen LogP contribution in [0.4, 0.5) is 0 Å². The van der Waals surface area contributed by atoms with Crippen molar-refractivity contribution in [2.24, 2.45) is 5.92 Å². The normalized spacial score (nSPS) is 15.9. The average molecular weight is 198 g/mol. The van der Waals surface area contributed by atoms with Crippen LogP contribution in [0.2, 0.25) is 0 Å². The van der Waals surface area contributed by atoms with Gasteiger partial charge in [-0.15, -0.1) is 0 Å². The second kappa shape index (κ2) is 6.02. The number of amides is 1. The largest absolute Gasteiger partial charge is 0.355 e. The summed E-state index contributed by atoms with van der Waals surface area (Å²) in [6.45, 7) is 5.97. The minimum absolute atomic E-state index is 0.191. The Balaban J connectivity index is 1.86. The predicted octanol–water partition coefficient (Wildman–Crippen LogP) is 1.29. The Morgan fingerprint density at radius 3 is 2.64 bits per heavy atom. The molecule has 1 aliphatic rings. The van der Waals surface area contributed by atoms with Gasteiger partial charge in [0.15, 0.2) is 0 Å². The number of hydrogen-bond donors (Lipinski definition) is 2. The Morgan fingerprint density at radius 1 is 1.36 bits per heavy atom. The summed E-state index contributed by atoms with van der Waals surface area (Å²) in [5, 5.41) is 6.28. The lowest BCUT2D eigenvalue weighted by molar-refractivity contribution is -0.121. The molecule has 0 aromatic rings. The maximum Gasteiger partial charge on any atom is 0.220 e. The summed E-state index contributed by atoms with van der Waals surface area (Å²) in [6.07, 6.45) is 4.27. The number of rotatable bonds is 7. The monoisotopic (exact) mass is 198 g/mol. The van der Waals surface area contributed by atoms with Crippen molar-refractivity contribution in [3.05, 3.63) is 0 Å². The SMILES string of the molecule is CC(C)CCC(=O)NCCNC1CC1. The van der Waals surface area contributed by atoms with E-state index in [0.29, 0.717) is 12.3 Å². The van der Waals surface area contributed by atoms with Crippen LogP contribution in [0.1, 0.15) is 39.5 Å². The van der Waals surface area contributed by atoms with E-state index >= 15 is 0 Å². The van der Waals surface area contributed by atoms with Gasteiger partial charge in [0, 0.05) is 25.6 Å². The van der Waals surface area contributed by atoms with Crippen molar-refractivity contribution in [2.75, 3.05) is 13.1 Å². The molecule has 0 radical (unpaired) electrons. The van der Waals surface area contributed by atoms with Crippen LogP contribution in [0.15, 0.2) is 0 Å². The molecular formula is C11H22N2O. The molecule has 1 rings (SSSR count). The Bertz CT molecular complexity index is 176. The standard InChI is InChI=1S/C11H22N2O/c1-9(2)3-6-11(14)13-8-7-12-10-4-5-10/h9-10,12H,3-8H2,1-2H3,(H,13,14). The van der Waals surface area contributed by atoms with Crippen LogP contribution in [-0.4, -0.2) is 25.0 Å². The zero-order chi connectivity index (χ0) is 10.4. The van der Waals surface area contributed by atoms with Crippen LogP contribution in [0, 0.1) is 5.92 Å². The maximum absolute atomic E-state index is 11.3. The third-order valence-electron chi connectivity index (χ3n) is 2.41. The van der Waals surface area contributed by atoms with Gasteiger partial charge in [0.2, 0.25) is 5.91 Å². The summed E-state index contributed by atoms with van der Waals surface area (Å²) in [5.41, 5.74) is 0. The van der Waals surface area contributed by atoms with Gasteiger partial charge >= 0.3 is 0 Å². The minimum atomic E-state index is 0.191. The van der Waals surface area contributed by atoms with Crippen LogP contribution in [0.5, 0.6) is 0 Å². The summed E-state index contributed by atoms with van der Waals surface area (Å²) in [7, 11) is 0. The molecule has 0 unspecified atom stereocenters. The first-order valence-corrected chi connectivity index (χ1v) is 5.68. The summed E-state index contributed by atoms with van der Waals surface area (Å²) in [6, 6.07) is 0.738. The Labute approximate surface area is 86.6 Å². The highest BCUT2D eigenvalue weighted by atomic mass is 16.1. The number of hydrogen-bond acceptors (Lipinski definition) is 2. The minimum Gasteiger partial charge on any atom is -0.355 e. The van der Waals surface area contributed by atoms with E-state index in [9.17, 15) is 4.79 Å². The molecule has 14 heavy (non-hydrogen) atoms. The van der Waals surface area contributed by atoms with Gasteiger partial charge in [-0.25, -0.2) is 0 Å². The van der Waals surface area contributed by atoms with Crippen molar-refractivity contribution < 1.29 is 4.79 Å². The highest BCUT2D eigenvalue weighted by Crippen LogP contribution is 2.17. The van der Waals surface area contributed by atoms with Crippen molar-refractivity contribution in [1.82, 2.24) is 10.6 Å². The van der Waals surface area contributed by atoms with E-state index in [4.69, 9.17) is 0 Å².